The fourth-order valence-electron chi connectivity index (χ4n) is 4.16. The van der Waals surface area contributed by atoms with E-state index in [1.807, 2.05) is 50.2 Å². The number of carbonyl (C=O) groups is 1. The minimum Gasteiger partial charge on any atom is -0.360 e. The molecule has 0 bridgehead atoms. The summed E-state index contributed by atoms with van der Waals surface area (Å²) in [5.74, 6) is 0.842. The molecular weight excluding hydrogens is 430 g/mol. The van der Waals surface area contributed by atoms with E-state index in [4.69, 9.17) is 9.51 Å². The Kier molecular flexibility index (Phi) is 5.75. The van der Waals surface area contributed by atoms with Crippen LogP contribution in [0.5, 0.6) is 0 Å². The summed E-state index contributed by atoms with van der Waals surface area (Å²) in [5, 5.41) is 7.49. The Hall–Kier alpha value is -4.14. The van der Waals surface area contributed by atoms with Gasteiger partial charge in [0, 0.05) is 32.1 Å². The van der Waals surface area contributed by atoms with Crippen molar-refractivity contribution in [1.29, 1.82) is 0 Å². The monoisotopic (exact) mass is 455 g/mol. The molecule has 172 valence electrons. The molecule has 0 saturated carbocycles. The van der Waals surface area contributed by atoms with Crippen molar-refractivity contribution in [2.45, 2.75) is 32.2 Å². The molecule has 4 aromatic rings. The molecule has 0 radical (unpaired) electrons. The number of aryl methyl sites for hydroxylation is 1. The van der Waals surface area contributed by atoms with E-state index in [1.54, 1.807) is 30.4 Å². The second-order valence-electron chi connectivity index (χ2n) is 8.46. The van der Waals surface area contributed by atoms with E-state index >= 15 is 0 Å². The molecule has 1 aliphatic rings. The van der Waals surface area contributed by atoms with Crippen LogP contribution in [-0.4, -0.2) is 49.5 Å². The lowest BCUT2D eigenvalue weighted by molar-refractivity contribution is -0.128. The first-order valence-electron chi connectivity index (χ1n) is 11.2. The number of pyridine rings is 2. The lowest BCUT2D eigenvalue weighted by Gasteiger charge is -2.15. The van der Waals surface area contributed by atoms with Gasteiger partial charge in [0.05, 0.1) is 28.8 Å². The molecular formula is C25H25N7O2. The quantitative estimate of drug-likeness (QED) is 0.464. The van der Waals surface area contributed by atoms with Gasteiger partial charge in [-0.05, 0) is 50.1 Å². The number of rotatable bonds is 6. The molecule has 0 aromatic carbocycles. The SMILES string of the molecule is Cc1cccnc1[C@H](C)Nc1nccc(-c2cccc(-c3cc([C@@H]4CCN(C)C4=O)on3)n2)n1. The summed E-state index contributed by atoms with van der Waals surface area (Å²) >= 11 is 0. The molecule has 5 heterocycles. The third-order valence-corrected chi connectivity index (χ3v) is 6.03. The maximum Gasteiger partial charge on any atom is 0.233 e. The summed E-state index contributed by atoms with van der Waals surface area (Å²) < 4.78 is 5.50. The maximum absolute atomic E-state index is 12.3. The van der Waals surface area contributed by atoms with Crippen LogP contribution in [-0.2, 0) is 4.79 Å². The number of anilines is 1. The number of hydrogen-bond donors (Lipinski definition) is 1. The summed E-state index contributed by atoms with van der Waals surface area (Å²) in [6.45, 7) is 4.78. The minimum absolute atomic E-state index is 0.0540. The van der Waals surface area contributed by atoms with Gasteiger partial charge in [0.15, 0.2) is 0 Å². The standard InChI is InChI=1S/C25H25N7O2/c1-15-6-5-11-26-23(15)16(2)28-25-27-12-9-20(30-25)18-7-4-8-19(29-18)21-14-22(34-31-21)17-10-13-32(3)24(17)33/h4-9,11-12,14,16-17H,10,13H2,1-3H3,(H,27,28,30)/t16-,17-/m0/s1. The van der Waals surface area contributed by atoms with Crippen LogP contribution in [0.3, 0.4) is 0 Å². The second-order valence-corrected chi connectivity index (χ2v) is 8.46. The highest BCUT2D eigenvalue weighted by Gasteiger charge is 2.33. The van der Waals surface area contributed by atoms with Crippen molar-refractivity contribution in [3.05, 3.63) is 71.9 Å². The molecule has 4 aromatic heterocycles. The van der Waals surface area contributed by atoms with Gasteiger partial charge >= 0.3 is 0 Å². The fourth-order valence-corrected chi connectivity index (χ4v) is 4.16. The van der Waals surface area contributed by atoms with Crippen molar-refractivity contribution in [2.75, 3.05) is 18.9 Å². The first kappa shape index (κ1) is 21.7. The topological polar surface area (TPSA) is 110 Å². The van der Waals surface area contributed by atoms with Gasteiger partial charge in [-0.1, -0.05) is 17.3 Å². The van der Waals surface area contributed by atoms with E-state index in [-0.39, 0.29) is 17.9 Å². The Morgan fingerprint density at radius 3 is 2.59 bits per heavy atom. The van der Waals surface area contributed by atoms with Crippen LogP contribution in [0.1, 0.15) is 42.3 Å². The van der Waals surface area contributed by atoms with Crippen LogP contribution in [0.25, 0.3) is 22.8 Å². The number of aromatic nitrogens is 5. The molecule has 0 spiro atoms. The molecule has 1 saturated heterocycles. The zero-order valence-electron chi connectivity index (χ0n) is 19.3. The van der Waals surface area contributed by atoms with E-state index in [2.05, 4.69) is 25.4 Å². The van der Waals surface area contributed by atoms with Crippen LogP contribution >= 0.6 is 0 Å². The lowest BCUT2D eigenvalue weighted by Crippen LogP contribution is -2.21. The summed E-state index contributed by atoms with van der Waals surface area (Å²) in [7, 11) is 1.80. The molecule has 1 aliphatic heterocycles. The number of amides is 1. The van der Waals surface area contributed by atoms with Gasteiger partial charge in [0.1, 0.15) is 17.4 Å². The highest BCUT2D eigenvalue weighted by Crippen LogP contribution is 2.31. The molecule has 2 atom stereocenters. The Balaban J connectivity index is 1.37. The maximum atomic E-state index is 12.3. The summed E-state index contributed by atoms with van der Waals surface area (Å²) in [4.78, 5) is 32.2. The van der Waals surface area contributed by atoms with E-state index in [1.165, 1.54) is 0 Å². The molecule has 9 nitrogen and oxygen atoms in total. The molecule has 0 aliphatic carbocycles. The van der Waals surface area contributed by atoms with E-state index < -0.39 is 0 Å². The van der Waals surface area contributed by atoms with E-state index in [9.17, 15) is 4.79 Å². The van der Waals surface area contributed by atoms with Crippen molar-refractivity contribution in [1.82, 2.24) is 30.0 Å². The molecule has 1 N–H and O–H groups in total. The predicted octanol–water partition coefficient (Wildman–Crippen LogP) is 4.02. The Labute approximate surface area is 197 Å². The van der Waals surface area contributed by atoms with Crippen LogP contribution in [0.4, 0.5) is 5.95 Å². The van der Waals surface area contributed by atoms with Crippen molar-refractivity contribution >= 4 is 11.9 Å². The summed E-state index contributed by atoms with van der Waals surface area (Å²) in [6.07, 6.45) is 4.21. The van der Waals surface area contributed by atoms with Gasteiger partial charge in [0.25, 0.3) is 0 Å². The highest BCUT2D eigenvalue weighted by atomic mass is 16.5. The molecule has 1 fully saturated rings. The number of carbonyl (C=O) groups excluding carboxylic acids is 1. The van der Waals surface area contributed by atoms with Gasteiger partial charge in [-0.25, -0.2) is 15.0 Å². The van der Waals surface area contributed by atoms with Gasteiger partial charge in [0.2, 0.25) is 11.9 Å². The zero-order chi connectivity index (χ0) is 23.7. The normalized spacial score (nSPS) is 16.6. The van der Waals surface area contributed by atoms with Crippen molar-refractivity contribution < 1.29 is 9.32 Å². The number of likely N-dealkylation sites (tertiary alicyclic amines) is 1. The largest absolute Gasteiger partial charge is 0.360 e. The van der Waals surface area contributed by atoms with Gasteiger partial charge in [-0.15, -0.1) is 0 Å². The van der Waals surface area contributed by atoms with Gasteiger partial charge in [-0.2, -0.15) is 0 Å². The van der Waals surface area contributed by atoms with Crippen LogP contribution in [0, 0.1) is 6.92 Å². The molecule has 0 unspecified atom stereocenters. The minimum atomic E-state index is -0.283. The Morgan fingerprint density at radius 2 is 1.82 bits per heavy atom. The van der Waals surface area contributed by atoms with Gasteiger partial charge in [-0.3, -0.25) is 9.78 Å². The third kappa shape index (κ3) is 4.24. The van der Waals surface area contributed by atoms with Gasteiger partial charge < -0.3 is 14.7 Å². The fraction of sp³-hybridized carbons (Fsp3) is 0.280. The number of likely N-dealkylation sites (N-methyl/N-ethyl adjacent to an activating group) is 1. The van der Waals surface area contributed by atoms with Crippen molar-refractivity contribution in [3.8, 4) is 22.8 Å². The number of hydrogen-bond acceptors (Lipinski definition) is 8. The highest BCUT2D eigenvalue weighted by molar-refractivity contribution is 5.85. The van der Waals surface area contributed by atoms with Crippen molar-refractivity contribution in [2.24, 2.45) is 0 Å². The average molecular weight is 456 g/mol. The second kappa shape index (κ2) is 9.01. The van der Waals surface area contributed by atoms with Crippen LogP contribution < -0.4 is 5.32 Å². The first-order valence-corrected chi connectivity index (χ1v) is 11.2. The summed E-state index contributed by atoms with van der Waals surface area (Å²) in [5.41, 5.74) is 4.66. The summed E-state index contributed by atoms with van der Waals surface area (Å²) in [6, 6.07) is 13.2. The van der Waals surface area contributed by atoms with E-state index in [0.29, 0.717) is 34.5 Å². The third-order valence-electron chi connectivity index (χ3n) is 6.03. The number of nitrogens with one attached hydrogen (secondary N) is 1. The van der Waals surface area contributed by atoms with Crippen LogP contribution in [0.15, 0.2) is 59.4 Å². The predicted molar refractivity (Wildman–Crippen MR) is 127 cm³/mol. The molecule has 34 heavy (non-hydrogen) atoms. The number of nitrogens with zero attached hydrogens (tertiary/aromatic N) is 6. The lowest BCUT2D eigenvalue weighted by atomic mass is 10.0. The van der Waals surface area contributed by atoms with Crippen LogP contribution in [0.2, 0.25) is 0 Å². The molecule has 5 rings (SSSR count). The smallest absolute Gasteiger partial charge is 0.233 e. The van der Waals surface area contributed by atoms with Crippen molar-refractivity contribution in [3.63, 3.8) is 0 Å². The van der Waals surface area contributed by atoms with E-state index in [0.717, 1.165) is 24.2 Å². The average Bonchev–Trinajstić information content (AvgIpc) is 3.46. The molecule has 9 heteroatoms. The Bertz CT molecular complexity index is 1340. The Morgan fingerprint density at radius 1 is 1.03 bits per heavy atom. The molecule has 1 amide bonds. The zero-order valence-corrected chi connectivity index (χ0v) is 19.3. The first-order chi connectivity index (χ1) is 16.5.